The number of benzene rings is 2. The highest BCUT2D eigenvalue weighted by Crippen LogP contribution is 2.17. The molecular formula is C16H12F2O3. The molecule has 2 aromatic rings. The molecule has 0 aliphatic rings. The first-order valence-corrected chi connectivity index (χ1v) is 6.31. The number of esters is 1. The molecule has 0 bridgehead atoms. The fourth-order valence-corrected chi connectivity index (χ4v) is 1.73. The number of carbonyl (C=O) groups is 2. The molecule has 5 heteroatoms. The Kier molecular flexibility index (Phi) is 4.42. The largest absolute Gasteiger partial charge is 0.423 e. The van der Waals surface area contributed by atoms with Crippen LogP contribution >= 0.6 is 0 Å². The van der Waals surface area contributed by atoms with Crippen LogP contribution in [0.5, 0.6) is 5.75 Å². The number of ether oxygens (including phenoxy) is 1. The van der Waals surface area contributed by atoms with E-state index in [4.69, 9.17) is 4.74 Å². The minimum absolute atomic E-state index is 0.0301. The molecule has 0 aliphatic heterocycles. The normalized spacial score (nSPS) is 10.2. The average Bonchev–Trinajstić information content (AvgIpc) is 2.47. The van der Waals surface area contributed by atoms with E-state index in [9.17, 15) is 18.4 Å². The number of rotatable bonds is 4. The van der Waals surface area contributed by atoms with Gasteiger partial charge in [-0.25, -0.2) is 13.6 Å². The third kappa shape index (κ3) is 3.51. The molecule has 0 spiro atoms. The van der Waals surface area contributed by atoms with Gasteiger partial charge in [-0.2, -0.15) is 0 Å². The van der Waals surface area contributed by atoms with E-state index in [-0.39, 0.29) is 17.1 Å². The van der Waals surface area contributed by atoms with Crippen LogP contribution in [0.4, 0.5) is 8.78 Å². The molecule has 0 saturated heterocycles. The fourth-order valence-electron chi connectivity index (χ4n) is 1.73. The van der Waals surface area contributed by atoms with Crippen LogP contribution in [0.15, 0.2) is 42.5 Å². The highest BCUT2D eigenvalue weighted by atomic mass is 19.1. The van der Waals surface area contributed by atoms with Crippen LogP contribution in [-0.4, -0.2) is 11.8 Å². The topological polar surface area (TPSA) is 43.4 Å². The van der Waals surface area contributed by atoms with E-state index in [0.717, 1.165) is 12.1 Å². The number of halogens is 2. The van der Waals surface area contributed by atoms with Gasteiger partial charge in [-0.3, -0.25) is 4.79 Å². The maximum absolute atomic E-state index is 13.4. The Labute approximate surface area is 120 Å². The number of ketones is 1. The van der Waals surface area contributed by atoms with Gasteiger partial charge in [0.25, 0.3) is 0 Å². The first-order chi connectivity index (χ1) is 10.0. The van der Waals surface area contributed by atoms with Crippen molar-refractivity contribution in [1.82, 2.24) is 0 Å². The predicted octanol–water partition coefficient (Wildman–Crippen LogP) is 3.78. The van der Waals surface area contributed by atoms with E-state index in [1.807, 2.05) is 0 Å². The molecule has 0 aliphatic carbocycles. The van der Waals surface area contributed by atoms with Gasteiger partial charge in [-0.15, -0.1) is 0 Å². The maximum atomic E-state index is 13.4. The van der Waals surface area contributed by atoms with E-state index in [1.165, 1.54) is 24.3 Å². The summed E-state index contributed by atoms with van der Waals surface area (Å²) >= 11 is 0. The smallest absolute Gasteiger partial charge is 0.346 e. The van der Waals surface area contributed by atoms with Crippen molar-refractivity contribution < 1.29 is 23.1 Å². The van der Waals surface area contributed by atoms with Crippen molar-refractivity contribution in [1.29, 1.82) is 0 Å². The molecule has 0 fully saturated rings. The van der Waals surface area contributed by atoms with E-state index in [2.05, 4.69) is 0 Å². The summed E-state index contributed by atoms with van der Waals surface area (Å²) in [6, 6.07) is 8.54. The Balaban J connectivity index is 2.14. The second kappa shape index (κ2) is 6.26. The summed E-state index contributed by atoms with van der Waals surface area (Å²) in [6.45, 7) is 1.74. The zero-order valence-electron chi connectivity index (χ0n) is 11.2. The summed E-state index contributed by atoms with van der Waals surface area (Å²) in [7, 11) is 0. The lowest BCUT2D eigenvalue weighted by atomic mass is 10.1. The van der Waals surface area contributed by atoms with Crippen LogP contribution in [-0.2, 0) is 0 Å². The van der Waals surface area contributed by atoms with Crippen LogP contribution in [0.25, 0.3) is 0 Å². The van der Waals surface area contributed by atoms with Gasteiger partial charge in [0.2, 0.25) is 0 Å². The molecule has 2 rings (SSSR count). The van der Waals surface area contributed by atoms with Crippen molar-refractivity contribution in [3.63, 3.8) is 0 Å². The molecule has 0 unspecified atom stereocenters. The SMILES string of the molecule is CCC(=O)c1ccc(OC(=O)c2ccc(F)cc2F)cc1. The first kappa shape index (κ1) is 14.8. The second-order valence-electron chi connectivity index (χ2n) is 4.31. The standard InChI is InChI=1S/C16H12F2O3/c1-2-15(19)10-3-6-12(7-4-10)21-16(20)13-8-5-11(17)9-14(13)18/h3-9H,2H2,1H3. The second-order valence-corrected chi connectivity index (χ2v) is 4.31. The third-order valence-electron chi connectivity index (χ3n) is 2.86. The summed E-state index contributed by atoms with van der Waals surface area (Å²) in [6.07, 6.45) is 0.375. The summed E-state index contributed by atoms with van der Waals surface area (Å²) in [5.74, 6) is -2.54. The van der Waals surface area contributed by atoms with Crippen molar-refractivity contribution in [3.05, 3.63) is 65.2 Å². The van der Waals surface area contributed by atoms with Crippen molar-refractivity contribution in [2.75, 3.05) is 0 Å². The summed E-state index contributed by atoms with van der Waals surface area (Å²) in [5, 5.41) is 0. The van der Waals surface area contributed by atoms with Crippen LogP contribution in [0, 0.1) is 11.6 Å². The molecule has 0 atom stereocenters. The van der Waals surface area contributed by atoms with Crippen LogP contribution in [0.1, 0.15) is 34.1 Å². The molecule has 3 nitrogen and oxygen atoms in total. The van der Waals surface area contributed by atoms with Gasteiger partial charge in [0.15, 0.2) is 5.78 Å². The Hall–Kier alpha value is -2.56. The summed E-state index contributed by atoms with van der Waals surface area (Å²) < 4.78 is 31.2. The molecule has 0 saturated carbocycles. The Bertz CT molecular complexity index is 678. The van der Waals surface area contributed by atoms with Gasteiger partial charge >= 0.3 is 5.97 Å². The minimum atomic E-state index is -0.988. The lowest BCUT2D eigenvalue weighted by Gasteiger charge is -2.06. The third-order valence-corrected chi connectivity index (χ3v) is 2.86. The Morgan fingerprint density at radius 3 is 2.29 bits per heavy atom. The zero-order chi connectivity index (χ0) is 15.4. The summed E-state index contributed by atoms with van der Waals surface area (Å²) in [4.78, 5) is 23.2. The van der Waals surface area contributed by atoms with Crippen molar-refractivity contribution >= 4 is 11.8 Å². The molecule has 2 aromatic carbocycles. The lowest BCUT2D eigenvalue weighted by Crippen LogP contribution is -2.11. The summed E-state index contributed by atoms with van der Waals surface area (Å²) in [5.41, 5.74) is 0.148. The van der Waals surface area contributed by atoms with Gasteiger partial charge < -0.3 is 4.74 Å². The number of hydrogen-bond acceptors (Lipinski definition) is 3. The number of Topliss-reactive ketones (excluding diaryl/α,β-unsaturated/α-hetero) is 1. The quantitative estimate of drug-likeness (QED) is 0.489. The molecule has 21 heavy (non-hydrogen) atoms. The monoisotopic (exact) mass is 290 g/mol. The lowest BCUT2D eigenvalue weighted by molar-refractivity contribution is 0.0729. The zero-order valence-corrected chi connectivity index (χ0v) is 11.2. The van der Waals surface area contributed by atoms with Gasteiger partial charge in [0.1, 0.15) is 17.4 Å². The van der Waals surface area contributed by atoms with Crippen LogP contribution in [0.2, 0.25) is 0 Å². The van der Waals surface area contributed by atoms with Gasteiger partial charge in [0, 0.05) is 18.1 Å². The molecule has 0 radical (unpaired) electrons. The number of carbonyl (C=O) groups excluding carboxylic acids is 2. The molecular weight excluding hydrogens is 278 g/mol. The van der Waals surface area contributed by atoms with Gasteiger partial charge in [-0.05, 0) is 36.4 Å². The van der Waals surface area contributed by atoms with E-state index in [1.54, 1.807) is 6.92 Å². The van der Waals surface area contributed by atoms with E-state index >= 15 is 0 Å². The van der Waals surface area contributed by atoms with Crippen molar-refractivity contribution in [2.45, 2.75) is 13.3 Å². The highest BCUT2D eigenvalue weighted by molar-refractivity contribution is 5.96. The minimum Gasteiger partial charge on any atom is -0.423 e. The Morgan fingerprint density at radius 2 is 1.71 bits per heavy atom. The number of hydrogen-bond donors (Lipinski definition) is 0. The molecule has 0 heterocycles. The fraction of sp³-hybridized carbons (Fsp3) is 0.125. The maximum Gasteiger partial charge on any atom is 0.346 e. The van der Waals surface area contributed by atoms with Gasteiger partial charge in [0.05, 0.1) is 5.56 Å². The Morgan fingerprint density at radius 1 is 1.05 bits per heavy atom. The van der Waals surface area contributed by atoms with E-state index < -0.39 is 17.6 Å². The van der Waals surface area contributed by atoms with Crippen LogP contribution in [0.3, 0.4) is 0 Å². The molecule has 108 valence electrons. The first-order valence-electron chi connectivity index (χ1n) is 6.31. The van der Waals surface area contributed by atoms with Gasteiger partial charge in [-0.1, -0.05) is 6.92 Å². The molecule has 0 N–H and O–H groups in total. The van der Waals surface area contributed by atoms with Crippen LogP contribution < -0.4 is 4.74 Å². The highest BCUT2D eigenvalue weighted by Gasteiger charge is 2.15. The molecule has 0 amide bonds. The molecule has 0 aromatic heterocycles. The van der Waals surface area contributed by atoms with E-state index in [0.29, 0.717) is 18.1 Å². The van der Waals surface area contributed by atoms with Crippen molar-refractivity contribution in [2.24, 2.45) is 0 Å². The average molecular weight is 290 g/mol. The van der Waals surface area contributed by atoms with Crippen molar-refractivity contribution in [3.8, 4) is 5.75 Å². The predicted molar refractivity (Wildman–Crippen MR) is 72.4 cm³/mol.